The van der Waals surface area contributed by atoms with Crippen LogP contribution in [0.2, 0.25) is 0 Å². The van der Waals surface area contributed by atoms with E-state index in [1.54, 1.807) is 6.07 Å². The summed E-state index contributed by atoms with van der Waals surface area (Å²) in [5.41, 5.74) is 3.15. The quantitative estimate of drug-likeness (QED) is 0.877. The summed E-state index contributed by atoms with van der Waals surface area (Å²) in [6.07, 6.45) is 0. The molecule has 0 saturated heterocycles. The molecule has 2 nitrogen and oxygen atoms in total. The van der Waals surface area contributed by atoms with Crippen molar-refractivity contribution in [3.05, 3.63) is 65.0 Å². The summed E-state index contributed by atoms with van der Waals surface area (Å²) in [6.45, 7) is 4.63. The van der Waals surface area contributed by atoms with Crippen molar-refractivity contribution < 1.29 is 9.50 Å². The highest BCUT2D eigenvalue weighted by molar-refractivity contribution is 5.29. The number of hydrogen-bond donors (Lipinski definition) is 2. The van der Waals surface area contributed by atoms with E-state index in [1.165, 1.54) is 17.2 Å². The van der Waals surface area contributed by atoms with E-state index in [4.69, 9.17) is 0 Å². The third-order valence-electron chi connectivity index (χ3n) is 3.10. The van der Waals surface area contributed by atoms with Crippen LogP contribution < -0.4 is 5.32 Å². The van der Waals surface area contributed by atoms with Crippen molar-refractivity contribution in [2.75, 3.05) is 0 Å². The van der Waals surface area contributed by atoms with Gasteiger partial charge < -0.3 is 10.4 Å². The first-order valence-corrected chi connectivity index (χ1v) is 6.33. The third-order valence-corrected chi connectivity index (χ3v) is 3.10. The predicted molar refractivity (Wildman–Crippen MR) is 74.5 cm³/mol. The first-order chi connectivity index (χ1) is 9.04. The van der Waals surface area contributed by atoms with Gasteiger partial charge in [0.15, 0.2) is 0 Å². The number of phenolic OH excluding ortho intramolecular Hbond substituents is 1. The fourth-order valence-corrected chi connectivity index (χ4v) is 2.06. The lowest BCUT2D eigenvalue weighted by atomic mass is 10.1. The number of aryl methyl sites for hydroxylation is 1. The molecule has 2 aromatic rings. The summed E-state index contributed by atoms with van der Waals surface area (Å²) in [7, 11) is 0. The van der Waals surface area contributed by atoms with E-state index in [2.05, 4.69) is 37.4 Å². The first kappa shape index (κ1) is 13.6. The molecule has 100 valence electrons. The van der Waals surface area contributed by atoms with Gasteiger partial charge in [-0.25, -0.2) is 4.39 Å². The maximum Gasteiger partial charge on any atom is 0.127 e. The van der Waals surface area contributed by atoms with Crippen LogP contribution in [0.15, 0.2) is 42.5 Å². The zero-order chi connectivity index (χ0) is 13.8. The average Bonchev–Trinajstić information content (AvgIpc) is 2.35. The van der Waals surface area contributed by atoms with E-state index in [-0.39, 0.29) is 11.8 Å². The Morgan fingerprint density at radius 1 is 1.21 bits per heavy atom. The highest BCUT2D eigenvalue weighted by atomic mass is 19.1. The van der Waals surface area contributed by atoms with Gasteiger partial charge in [0.2, 0.25) is 0 Å². The Labute approximate surface area is 112 Å². The number of phenols is 1. The van der Waals surface area contributed by atoms with Crippen LogP contribution in [-0.2, 0) is 6.54 Å². The van der Waals surface area contributed by atoms with Gasteiger partial charge in [0, 0.05) is 18.7 Å². The summed E-state index contributed by atoms with van der Waals surface area (Å²) in [5, 5.41) is 12.7. The third kappa shape index (κ3) is 3.80. The van der Waals surface area contributed by atoms with Crippen molar-refractivity contribution >= 4 is 0 Å². The fourth-order valence-electron chi connectivity index (χ4n) is 2.06. The molecule has 0 radical (unpaired) electrons. The molecule has 19 heavy (non-hydrogen) atoms. The molecule has 0 spiro atoms. The number of aromatic hydroxyl groups is 1. The second-order valence-corrected chi connectivity index (χ2v) is 4.83. The Morgan fingerprint density at radius 2 is 2.00 bits per heavy atom. The summed E-state index contributed by atoms with van der Waals surface area (Å²) in [5.74, 6) is -0.458. The fraction of sp³-hybridized carbons (Fsp3) is 0.250. The van der Waals surface area contributed by atoms with Gasteiger partial charge in [0.25, 0.3) is 0 Å². The molecule has 0 bridgehead atoms. The van der Waals surface area contributed by atoms with E-state index >= 15 is 0 Å². The molecule has 0 unspecified atom stereocenters. The van der Waals surface area contributed by atoms with Crippen LogP contribution in [0.5, 0.6) is 5.75 Å². The van der Waals surface area contributed by atoms with Gasteiger partial charge in [-0.2, -0.15) is 0 Å². The van der Waals surface area contributed by atoms with Crippen LogP contribution in [0.25, 0.3) is 0 Å². The van der Waals surface area contributed by atoms with Crippen LogP contribution in [0.4, 0.5) is 4.39 Å². The van der Waals surface area contributed by atoms with Crippen molar-refractivity contribution in [2.45, 2.75) is 26.4 Å². The Morgan fingerprint density at radius 3 is 2.68 bits per heavy atom. The molecule has 0 aliphatic rings. The van der Waals surface area contributed by atoms with Crippen LogP contribution in [-0.4, -0.2) is 5.11 Å². The molecule has 0 amide bonds. The molecule has 2 aromatic carbocycles. The normalized spacial score (nSPS) is 12.4. The van der Waals surface area contributed by atoms with Gasteiger partial charge in [-0.05, 0) is 37.1 Å². The van der Waals surface area contributed by atoms with Crippen LogP contribution in [0.1, 0.15) is 29.7 Å². The van der Waals surface area contributed by atoms with Crippen molar-refractivity contribution in [1.29, 1.82) is 0 Å². The Hall–Kier alpha value is -1.87. The topological polar surface area (TPSA) is 32.3 Å². The minimum Gasteiger partial charge on any atom is -0.508 e. The monoisotopic (exact) mass is 259 g/mol. The molecule has 0 saturated carbocycles. The molecule has 0 heterocycles. The molecule has 0 aliphatic heterocycles. The van der Waals surface area contributed by atoms with Crippen molar-refractivity contribution in [3.8, 4) is 5.75 Å². The molecule has 0 aliphatic carbocycles. The average molecular weight is 259 g/mol. The maximum atomic E-state index is 13.1. The van der Waals surface area contributed by atoms with Gasteiger partial charge in [-0.1, -0.05) is 29.8 Å². The van der Waals surface area contributed by atoms with Gasteiger partial charge in [0.1, 0.15) is 11.6 Å². The lowest BCUT2D eigenvalue weighted by molar-refractivity contribution is 0.466. The highest BCUT2D eigenvalue weighted by Gasteiger charge is 2.06. The van der Waals surface area contributed by atoms with E-state index in [0.717, 1.165) is 11.6 Å². The first-order valence-electron chi connectivity index (χ1n) is 6.33. The summed E-state index contributed by atoms with van der Waals surface area (Å²) >= 11 is 0. The summed E-state index contributed by atoms with van der Waals surface area (Å²) < 4.78 is 13.1. The Bertz CT molecular complexity index is 548. The molecule has 1 atom stereocenters. The Kier molecular flexibility index (Phi) is 4.17. The minimum atomic E-state index is -0.417. The molecule has 0 aromatic heterocycles. The molecule has 2 N–H and O–H groups in total. The lowest BCUT2D eigenvalue weighted by Crippen LogP contribution is -2.18. The largest absolute Gasteiger partial charge is 0.508 e. The van der Waals surface area contributed by atoms with Gasteiger partial charge in [-0.15, -0.1) is 0 Å². The highest BCUT2D eigenvalue weighted by Crippen LogP contribution is 2.17. The zero-order valence-corrected chi connectivity index (χ0v) is 11.2. The lowest BCUT2D eigenvalue weighted by Gasteiger charge is -2.15. The second kappa shape index (κ2) is 5.85. The second-order valence-electron chi connectivity index (χ2n) is 4.83. The number of rotatable bonds is 4. The van der Waals surface area contributed by atoms with Crippen LogP contribution in [0, 0.1) is 12.7 Å². The minimum absolute atomic E-state index is 0.0417. The Balaban J connectivity index is 2.02. The standard InChI is InChI=1S/C16H18FNO/c1-11-4-3-5-14(6-11)12(2)18-10-13-7-15(17)9-16(19)8-13/h3-9,12,18-19H,10H2,1-2H3/t12-/m1/s1. The van der Waals surface area contributed by atoms with E-state index in [0.29, 0.717) is 6.54 Å². The van der Waals surface area contributed by atoms with Gasteiger partial charge in [-0.3, -0.25) is 0 Å². The zero-order valence-electron chi connectivity index (χ0n) is 11.2. The predicted octanol–water partition coefficient (Wildman–Crippen LogP) is 3.69. The number of hydrogen-bond acceptors (Lipinski definition) is 2. The molecular weight excluding hydrogens is 241 g/mol. The van der Waals surface area contributed by atoms with Gasteiger partial charge >= 0.3 is 0 Å². The molecule has 0 fully saturated rings. The molecule has 2 rings (SSSR count). The van der Waals surface area contributed by atoms with Crippen molar-refractivity contribution in [1.82, 2.24) is 5.32 Å². The number of benzene rings is 2. The van der Waals surface area contributed by atoms with Gasteiger partial charge in [0.05, 0.1) is 0 Å². The van der Waals surface area contributed by atoms with E-state index in [9.17, 15) is 9.50 Å². The SMILES string of the molecule is Cc1cccc([C@@H](C)NCc2cc(O)cc(F)c2)c1. The van der Waals surface area contributed by atoms with E-state index in [1.807, 2.05) is 6.07 Å². The van der Waals surface area contributed by atoms with Crippen LogP contribution >= 0.6 is 0 Å². The van der Waals surface area contributed by atoms with Crippen LogP contribution in [0.3, 0.4) is 0 Å². The van der Waals surface area contributed by atoms with Crippen molar-refractivity contribution in [2.24, 2.45) is 0 Å². The molecule has 3 heteroatoms. The smallest absolute Gasteiger partial charge is 0.127 e. The molecular formula is C16H18FNO. The summed E-state index contributed by atoms with van der Waals surface area (Å²) in [6, 6.07) is 12.5. The maximum absolute atomic E-state index is 13.1. The number of nitrogens with one attached hydrogen (secondary N) is 1. The van der Waals surface area contributed by atoms with E-state index < -0.39 is 5.82 Å². The summed E-state index contributed by atoms with van der Waals surface area (Å²) in [4.78, 5) is 0. The van der Waals surface area contributed by atoms with Crippen molar-refractivity contribution in [3.63, 3.8) is 0 Å². The number of halogens is 1.